The van der Waals surface area contributed by atoms with Gasteiger partial charge in [-0.1, -0.05) is 54.1 Å². The Bertz CT molecular complexity index is 1400. The molecule has 7 nitrogen and oxygen atoms in total. The van der Waals surface area contributed by atoms with Gasteiger partial charge in [-0.25, -0.2) is 9.97 Å². The van der Waals surface area contributed by atoms with E-state index in [2.05, 4.69) is 15.3 Å². The van der Waals surface area contributed by atoms with Crippen LogP contribution in [0.4, 0.5) is 11.5 Å². The lowest BCUT2D eigenvalue weighted by atomic mass is 10.1. The van der Waals surface area contributed by atoms with E-state index in [1.807, 2.05) is 85.5 Å². The first-order valence-corrected chi connectivity index (χ1v) is 12.1. The Hall–Kier alpha value is -3.97. The van der Waals surface area contributed by atoms with Gasteiger partial charge in [-0.05, 0) is 54.4 Å². The van der Waals surface area contributed by atoms with E-state index in [1.165, 1.54) is 6.92 Å². The number of benzene rings is 3. The van der Waals surface area contributed by atoms with Crippen molar-refractivity contribution in [2.75, 3.05) is 23.3 Å². The van der Waals surface area contributed by atoms with E-state index in [0.717, 1.165) is 16.3 Å². The predicted octanol–water partition coefficient (Wildman–Crippen LogP) is 5.90. The highest BCUT2D eigenvalue weighted by Crippen LogP contribution is 2.33. The molecule has 0 bridgehead atoms. The predicted molar refractivity (Wildman–Crippen MR) is 143 cm³/mol. The third-order valence-corrected chi connectivity index (χ3v) is 6.00. The van der Waals surface area contributed by atoms with Crippen molar-refractivity contribution in [1.82, 2.24) is 9.97 Å². The maximum absolute atomic E-state index is 12.8. The fraction of sp³-hybridized carbons (Fsp3) is 0.214. The standard InChI is InChI=1S/C28H27ClN4O3/c1-4-33(5-2)27-25(36-18(3)34)26(29)31-24(32-27)16-19-10-14-23(15-11-19)30-28(35)22-13-12-20-8-6-7-9-21(20)17-22/h6-15,17H,4-5,16H2,1-3H3,(H,30,35). The van der Waals surface area contributed by atoms with E-state index in [0.29, 0.717) is 42.4 Å². The largest absolute Gasteiger partial charge is 0.419 e. The number of ether oxygens (including phenoxy) is 1. The minimum Gasteiger partial charge on any atom is -0.419 e. The third kappa shape index (κ3) is 5.80. The molecule has 0 saturated heterocycles. The SMILES string of the molecule is CCN(CC)c1nc(Cc2ccc(NC(=O)c3ccc4ccccc4c3)cc2)nc(Cl)c1OC(C)=O. The summed E-state index contributed by atoms with van der Waals surface area (Å²) >= 11 is 6.38. The van der Waals surface area contributed by atoms with E-state index in [4.69, 9.17) is 16.3 Å². The van der Waals surface area contributed by atoms with Gasteiger partial charge in [-0.2, -0.15) is 0 Å². The molecule has 0 aliphatic carbocycles. The van der Waals surface area contributed by atoms with Gasteiger partial charge in [0.1, 0.15) is 5.82 Å². The molecule has 0 aliphatic heterocycles. The van der Waals surface area contributed by atoms with Gasteiger partial charge < -0.3 is 15.0 Å². The molecule has 184 valence electrons. The van der Waals surface area contributed by atoms with Gasteiger partial charge in [0.25, 0.3) is 5.91 Å². The summed E-state index contributed by atoms with van der Waals surface area (Å²) in [4.78, 5) is 35.3. The molecule has 8 heteroatoms. The summed E-state index contributed by atoms with van der Waals surface area (Å²) in [5.74, 6) is 0.509. The Morgan fingerprint density at radius 3 is 2.31 bits per heavy atom. The summed E-state index contributed by atoms with van der Waals surface area (Å²) in [7, 11) is 0. The lowest BCUT2D eigenvalue weighted by Gasteiger charge is -2.23. The molecular weight excluding hydrogens is 476 g/mol. The Balaban J connectivity index is 1.50. The van der Waals surface area contributed by atoms with Crippen LogP contribution in [-0.4, -0.2) is 34.9 Å². The first kappa shape index (κ1) is 25.1. The van der Waals surface area contributed by atoms with Gasteiger partial charge in [-0.3, -0.25) is 9.59 Å². The number of hydrogen-bond acceptors (Lipinski definition) is 6. The van der Waals surface area contributed by atoms with Gasteiger partial charge in [0.05, 0.1) is 0 Å². The average Bonchev–Trinajstić information content (AvgIpc) is 2.87. The van der Waals surface area contributed by atoms with Gasteiger partial charge in [0.15, 0.2) is 11.0 Å². The number of carbonyl (C=O) groups excluding carboxylic acids is 2. The quantitative estimate of drug-likeness (QED) is 0.238. The Morgan fingerprint density at radius 2 is 1.64 bits per heavy atom. The summed E-state index contributed by atoms with van der Waals surface area (Å²) in [5.41, 5.74) is 2.23. The lowest BCUT2D eigenvalue weighted by Crippen LogP contribution is -2.25. The number of fused-ring (bicyclic) bond motifs is 1. The zero-order valence-electron chi connectivity index (χ0n) is 20.4. The summed E-state index contributed by atoms with van der Waals surface area (Å²) in [6, 6.07) is 21.1. The minimum atomic E-state index is -0.483. The molecule has 3 aromatic carbocycles. The molecule has 0 saturated carbocycles. The molecule has 36 heavy (non-hydrogen) atoms. The molecule has 4 rings (SSSR count). The van der Waals surface area contributed by atoms with Crippen molar-refractivity contribution in [2.24, 2.45) is 0 Å². The van der Waals surface area contributed by atoms with Crippen LogP contribution in [0.5, 0.6) is 5.75 Å². The second-order valence-corrected chi connectivity index (χ2v) is 8.60. The molecule has 0 fully saturated rings. The molecule has 0 radical (unpaired) electrons. The number of aromatic nitrogens is 2. The van der Waals surface area contributed by atoms with Crippen molar-refractivity contribution in [3.63, 3.8) is 0 Å². The molecule has 1 N–H and O–H groups in total. The molecule has 0 spiro atoms. The van der Waals surface area contributed by atoms with E-state index in [1.54, 1.807) is 0 Å². The summed E-state index contributed by atoms with van der Waals surface area (Å²) in [5, 5.41) is 5.14. The van der Waals surface area contributed by atoms with Crippen molar-refractivity contribution in [3.8, 4) is 5.75 Å². The van der Waals surface area contributed by atoms with Gasteiger partial charge in [-0.15, -0.1) is 0 Å². The van der Waals surface area contributed by atoms with Crippen LogP contribution in [-0.2, 0) is 11.2 Å². The van der Waals surface area contributed by atoms with Crippen LogP contribution in [0.2, 0.25) is 5.15 Å². The second kappa shape index (κ2) is 11.2. The smallest absolute Gasteiger partial charge is 0.308 e. The highest BCUT2D eigenvalue weighted by atomic mass is 35.5. The van der Waals surface area contributed by atoms with Crippen molar-refractivity contribution < 1.29 is 14.3 Å². The monoisotopic (exact) mass is 502 g/mol. The van der Waals surface area contributed by atoms with E-state index in [-0.39, 0.29) is 16.8 Å². The number of nitrogens with zero attached hydrogens (tertiary/aromatic N) is 3. The maximum atomic E-state index is 12.8. The maximum Gasteiger partial charge on any atom is 0.308 e. The minimum absolute atomic E-state index is 0.0939. The molecule has 4 aromatic rings. The summed E-state index contributed by atoms with van der Waals surface area (Å²) in [6.45, 7) is 6.63. The zero-order valence-corrected chi connectivity index (χ0v) is 21.2. The summed E-state index contributed by atoms with van der Waals surface area (Å²) in [6.07, 6.45) is 0.424. The first-order valence-electron chi connectivity index (χ1n) is 11.8. The van der Waals surface area contributed by atoms with Crippen LogP contribution in [0, 0.1) is 0 Å². The van der Waals surface area contributed by atoms with Crippen molar-refractivity contribution in [1.29, 1.82) is 0 Å². The number of halogens is 1. The van der Waals surface area contributed by atoms with Crippen molar-refractivity contribution in [3.05, 3.63) is 88.8 Å². The van der Waals surface area contributed by atoms with Gasteiger partial charge in [0.2, 0.25) is 5.75 Å². The molecule has 0 aliphatic rings. The molecule has 1 heterocycles. The van der Waals surface area contributed by atoms with Crippen molar-refractivity contribution >= 4 is 45.8 Å². The number of rotatable bonds is 8. The number of amides is 1. The number of hydrogen-bond donors (Lipinski definition) is 1. The van der Waals surface area contributed by atoms with Crippen LogP contribution in [0.3, 0.4) is 0 Å². The number of nitrogens with one attached hydrogen (secondary N) is 1. The van der Waals surface area contributed by atoms with E-state index < -0.39 is 5.97 Å². The third-order valence-electron chi connectivity index (χ3n) is 5.75. The normalized spacial score (nSPS) is 10.8. The zero-order chi connectivity index (χ0) is 25.7. The number of esters is 1. The van der Waals surface area contributed by atoms with Crippen LogP contribution >= 0.6 is 11.6 Å². The first-order chi connectivity index (χ1) is 17.4. The fourth-order valence-corrected chi connectivity index (χ4v) is 4.15. The Kier molecular flexibility index (Phi) is 7.80. The van der Waals surface area contributed by atoms with E-state index >= 15 is 0 Å². The molecular formula is C28H27ClN4O3. The molecule has 0 atom stereocenters. The highest BCUT2D eigenvalue weighted by Gasteiger charge is 2.20. The fourth-order valence-electron chi connectivity index (χ4n) is 3.92. The lowest BCUT2D eigenvalue weighted by molar-refractivity contribution is -0.131. The van der Waals surface area contributed by atoms with Gasteiger partial charge >= 0.3 is 5.97 Å². The highest BCUT2D eigenvalue weighted by molar-refractivity contribution is 6.31. The van der Waals surface area contributed by atoms with Crippen LogP contribution in [0.25, 0.3) is 10.8 Å². The van der Waals surface area contributed by atoms with E-state index in [9.17, 15) is 9.59 Å². The van der Waals surface area contributed by atoms with Gasteiger partial charge in [0, 0.05) is 37.7 Å². The van der Waals surface area contributed by atoms with Crippen LogP contribution in [0.1, 0.15) is 42.5 Å². The number of carbonyl (C=O) groups is 2. The average molecular weight is 503 g/mol. The Morgan fingerprint density at radius 1 is 0.944 bits per heavy atom. The van der Waals surface area contributed by atoms with Crippen LogP contribution in [0.15, 0.2) is 66.7 Å². The topological polar surface area (TPSA) is 84.4 Å². The second-order valence-electron chi connectivity index (χ2n) is 8.24. The van der Waals surface area contributed by atoms with Crippen molar-refractivity contribution in [2.45, 2.75) is 27.2 Å². The molecule has 0 unspecified atom stereocenters. The van der Waals surface area contributed by atoms with Crippen LogP contribution < -0.4 is 15.0 Å². The molecule has 1 aromatic heterocycles. The number of anilines is 2. The Labute approximate surface area is 215 Å². The summed E-state index contributed by atoms with van der Waals surface area (Å²) < 4.78 is 5.30. The molecule has 1 amide bonds.